The van der Waals surface area contributed by atoms with Crippen LogP contribution >= 0.6 is 0 Å². The number of aromatic nitrogens is 5. The molecule has 0 aromatic carbocycles. The van der Waals surface area contributed by atoms with Gasteiger partial charge in [-0.05, 0) is 0 Å². The summed E-state index contributed by atoms with van der Waals surface area (Å²) in [4.78, 5) is 23.0. The number of hydrogen-bond acceptors (Lipinski definition) is 4. The number of H-pyrrole nitrogens is 1. The monoisotopic (exact) mass is 278 g/mol. The Morgan fingerprint density at radius 3 is 2.85 bits per heavy atom. The minimum atomic E-state index is -0.293. The number of aryl methyl sites for hydroxylation is 1. The summed E-state index contributed by atoms with van der Waals surface area (Å²) >= 11 is 0. The highest BCUT2D eigenvalue weighted by molar-refractivity contribution is 5.92. The Kier molecular flexibility index (Phi) is 4.02. The Morgan fingerprint density at radius 2 is 2.25 bits per heavy atom. The van der Waals surface area contributed by atoms with Crippen molar-refractivity contribution in [1.82, 2.24) is 29.9 Å². The fraction of sp³-hybridized carbons (Fsp3) is 0.500. The molecule has 8 nitrogen and oxygen atoms in total. The number of amides is 1. The second kappa shape index (κ2) is 5.72. The van der Waals surface area contributed by atoms with Gasteiger partial charge >= 0.3 is 0 Å². The number of nitrogens with one attached hydrogen (secondary N) is 2. The highest BCUT2D eigenvalue weighted by atomic mass is 16.2. The summed E-state index contributed by atoms with van der Waals surface area (Å²) in [6, 6.07) is 1.27. The van der Waals surface area contributed by atoms with Gasteiger partial charge in [-0.1, -0.05) is 13.8 Å². The molecule has 20 heavy (non-hydrogen) atoms. The zero-order valence-corrected chi connectivity index (χ0v) is 11.8. The minimum absolute atomic E-state index is 0.277. The zero-order chi connectivity index (χ0) is 14.7. The summed E-state index contributed by atoms with van der Waals surface area (Å²) < 4.78 is 3.30. The van der Waals surface area contributed by atoms with Crippen LogP contribution < -0.4 is 10.9 Å². The number of aromatic amines is 1. The predicted octanol–water partition coefficient (Wildman–Crippen LogP) is -0.142. The van der Waals surface area contributed by atoms with E-state index in [0.29, 0.717) is 18.8 Å². The van der Waals surface area contributed by atoms with Crippen LogP contribution in [0.5, 0.6) is 0 Å². The van der Waals surface area contributed by atoms with Crippen molar-refractivity contribution in [3.05, 3.63) is 34.3 Å². The van der Waals surface area contributed by atoms with Crippen LogP contribution in [-0.2, 0) is 13.6 Å². The molecule has 0 aliphatic carbocycles. The van der Waals surface area contributed by atoms with Crippen LogP contribution in [0.1, 0.15) is 36.1 Å². The van der Waals surface area contributed by atoms with Gasteiger partial charge in [-0.15, -0.1) is 10.2 Å². The first-order valence-electron chi connectivity index (χ1n) is 6.41. The minimum Gasteiger partial charge on any atom is -0.349 e. The first-order valence-corrected chi connectivity index (χ1v) is 6.41. The highest BCUT2D eigenvalue weighted by Gasteiger charge is 2.12. The van der Waals surface area contributed by atoms with E-state index < -0.39 is 0 Å². The maximum Gasteiger partial charge on any atom is 0.269 e. The molecule has 0 saturated heterocycles. The van der Waals surface area contributed by atoms with Crippen LogP contribution in [-0.4, -0.2) is 37.0 Å². The molecule has 0 unspecified atom stereocenters. The second-order valence-corrected chi connectivity index (χ2v) is 4.86. The van der Waals surface area contributed by atoms with E-state index in [1.807, 2.05) is 18.4 Å². The molecular formula is C12H18N6O2. The molecule has 0 aliphatic rings. The average Bonchev–Trinajstić information content (AvgIpc) is 2.95. The molecule has 0 saturated carbocycles. The summed E-state index contributed by atoms with van der Waals surface area (Å²) in [7, 11) is 1.62. The van der Waals surface area contributed by atoms with Crippen molar-refractivity contribution in [3.8, 4) is 0 Å². The van der Waals surface area contributed by atoms with E-state index in [-0.39, 0.29) is 17.4 Å². The molecule has 2 rings (SSSR count). The van der Waals surface area contributed by atoms with Gasteiger partial charge in [0.25, 0.3) is 11.5 Å². The lowest BCUT2D eigenvalue weighted by Gasteiger charge is -2.09. The van der Waals surface area contributed by atoms with Crippen molar-refractivity contribution in [2.75, 3.05) is 6.54 Å². The van der Waals surface area contributed by atoms with Crippen LogP contribution in [0.25, 0.3) is 0 Å². The Bertz CT molecular complexity index is 651. The third-order valence-corrected chi connectivity index (χ3v) is 2.94. The van der Waals surface area contributed by atoms with Gasteiger partial charge in [-0.3, -0.25) is 19.4 Å². The van der Waals surface area contributed by atoms with Gasteiger partial charge in [0, 0.05) is 32.1 Å². The maximum atomic E-state index is 11.9. The van der Waals surface area contributed by atoms with E-state index in [2.05, 4.69) is 20.6 Å². The zero-order valence-electron chi connectivity index (χ0n) is 11.8. The van der Waals surface area contributed by atoms with Gasteiger partial charge in [-0.2, -0.15) is 0 Å². The van der Waals surface area contributed by atoms with Crippen LogP contribution in [0, 0.1) is 0 Å². The molecule has 2 heterocycles. The summed E-state index contributed by atoms with van der Waals surface area (Å²) in [5.74, 6) is 0.872. The standard InChI is InChI=1S/C12H18N6O2/c1-8(2)11-15-14-7-18(11)5-4-13-12(20)9-6-10(19)16-17(9)3/h6-8H,4-5H2,1-3H3,(H,13,20)(H,16,19). The molecule has 0 spiro atoms. The molecule has 1 amide bonds. The Labute approximate surface area is 115 Å². The molecule has 8 heteroatoms. The highest BCUT2D eigenvalue weighted by Crippen LogP contribution is 2.09. The molecule has 2 aromatic rings. The first kappa shape index (κ1) is 14.0. The topological polar surface area (TPSA) is 97.6 Å². The molecule has 0 aliphatic heterocycles. The number of carbonyl (C=O) groups is 1. The fourth-order valence-electron chi connectivity index (χ4n) is 1.96. The fourth-order valence-corrected chi connectivity index (χ4v) is 1.96. The molecule has 0 atom stereocenters. The molecule has 2 aromatic heterocycles. The Morgan fingerprint density at radius 1 is 1.50 bits per heavy atom. The number of nitrogens with zero attached hydrogens (tertiary/aromatic N) is 4. The quantitative estimate of drug-likeness (QED) is 0.795. The Balaban J connectivity index is 1.93. The van der Waals surface area contributed by atoms with E-state index in [9.17, 15) is 9.59 Å². The van der Waals surface area contributed by atoms with Gasteiger partial charge in [-0.25, -0.2) is 0 Å². The lowest BCUT2D eigenvalue weighted by atomic mass is 10.2. The summed E-state index contributed by atoms with van der Waals surface area (Å²) in [5.41, 5.74) is 0.0152. The van der Waals surface area contributed by atoms with E-state index >= 15 is 0 Å². The van der Waals surface area contributed by atoms with Gasteiger partial charge < -0.3 is 9.88 Å². The van der Waals surface area contributed by atoms with Crippen molar-refractivity contribution < 1.29 is 4.79 Å². The van der Waals surface area contributed by atoms with Gasteiger partial charge in [0.15, 0.2) is 0 Å². The van der Waals surface area contributed by atoms with Crippen molar-refractivity contribution >= 4 is 5.91 Å². The molecule has 108 valence electrons. The van der Waals surface area contributed by atoms with Gasteiger partial charge in [0.05, 0.1) is 0 Å². The Hall–Kier alpha value is -2.38. The lowest BCUT2D eigenvalue weighted by Crippen LogP contribution is -2.29. The molecule has 0 bridgehead atoms. The number of rotatable bonds is 5. The van der Waals surface area contributed by atoms with Gasteiger partial charge in [0.2, 0.25) is 0 Å². The SMILES string of the molecule is CC(C)c1nncn1CCNC(=O)c1cc(=O)[nH]n1C. The third kappa shape index (κ3) is 2.95. The lowest BCUT2D eigenvalue weighted by molar-refractivity contribution is 0.0942. The normalized spacial score (nSPS) is 11.0. The summed E-state index contributed by atoms with van der Waals surface area (Å²) in [6.45, 7) is 5.10. The van der Waals surface area contributed by atoms with Crippen LogP contribution in [0.2, 0.25) is 0 Å². The average molecular weight is 278 g/mol. The van der Waals surface area contributed by atoms with Crippen molar-refractivity contribution in [2.24, 2.45) is 7.05 Å². The van der Waals surface area contributed by atoms with E-state index in [1.54, 1.807) is 13.4 Å². The molecule has 2 N–H and O–H groups in total. The molecular weight excluding hydrogens is 260 g/mol. The van der Waals surface area contributed by atoms with E-state index in [4.69, 9.17) is 0 Å². The second-order valence-electron chi connectivity index (χ2n) is 4.86. The largest absolute Gasteiger partial charge is 0.349 e. The van der Waals surface area contributed by atoms with Crippen molar-refractivity contribution in [2.45, 2.75) is 26.3 Å². The van der Waals surface area contributed by atoms with Gasteiger partial charge in [0.1, 0.15) is 17.8 Å². The van der Waals surface area contributed by atoms with E-state index in [0.717, 1.165) is 5.82 Å². The van der Waals surface area contributed by atoms with Crippen LogP contribution in [0.15, 0.2) is 17.2 Å². The number of hydrogen-bond donors (Lipinski definition) is 2. The molecule has 0 fully saturated rings. The summed E-state index contributed by atoms with van der Waals surface area (Å²) in [6.07, 6.45) is 1.65. The number of carbonyl (C=O) groups excluding carboxylic acids is 1. The van der Waals surface area contributed by atoms with Crippen LogP contribution in [0.4, 0.5) is 0 Å². The first-order chi connectivity index (χ1) is 9.49. The predicted molar refractivity (Wildman–Crippen MR) is 72.5 cm³/mol. The van der Waals surface area contributed by atoms with E-state index in [1.165, 1.54) is 10.7 Å². The van der Waals surface area contributed by atoms with Crippen molar-refractivity contribution in [1.29, 1.82) is 0 Å². The third-order valence-electron chi connectivity index (χ3n) is 2.94. The van der Waals surface area contributed by atoms with Crippen LogP contribution in [0.3, 0.4) is 0 Å². The smallest absolute Gasteiger partial charge is 0.269 e. The maximum absolute atomic E-state index is 11.9. The summed E-state index contributed by atoms with van der Waals surface area (Å²) in [5, 5.41) is 13.2. The molecule has 0 radical (unpaired) electrons. The van der Waals surface area contributed by atoms with Crippen molar-refractivity contribution in [3.63, 3.8) is 0 Å².